The Morgan fingerprint density at radius 2 is 1.87 bits per heavy atom. The van der Waals surface area contributed by atoms with Gasteiger partial charge in [0.1, 0.15) is 0 Å². The Labute approximate surface area is 138 Å². The number of nitrogens with zero attached hydrogens (tertiary/aromatic N) is 2. The van der Waals surface area contributed by atoms with Gasteiger partial charge in [0.2, 0.25) is 11.8 Å². The van der Waals surface area contributed by atoms with Crippen molar-refractivity contribution >= 4 is 23.2 Å². The first-order chi connectivity index (χ1) is 11.0. The largest absolute Gasteiger partial charge is 0.377 e. The van der Waals surface area contributed by atoms with Crippen molar-refractivity contribution in [3.05, 3.63) is 23.8 Å². The van der Waals surface area contributed by atoms with Crippen LogP contribution in [0.2, 0.25) is 0 Å². The van der Waals surface area contributed by atoms with Crippen LogP contribution in [0, 0.1) is 0 Å². The monoisotopic (exact) mass is 317 g/mol. The zero-order chi connectivity index (χ0) is 17.0. The van der Waals surface area contributed by atoms with E-state index in [1.54, 1.807) is 0 Å². The highest BCUT2D eigenvalue weighted by atomic mass is 16.2. The van der Waals surface area contributed by atoms with E-state index in [0.29, 0.717) is 25.4 Å². The molecule has 0 radical (unpaired) electrons. The molecule has 2 amide bonds. The molecule has 126 valence electrons. The molecule has 0 saturated heterocycles. The molecule has 0 bridgehead atoms. The number of hydrogen-bond acceptors (Lipinski definition) is 3. The summed E-state index contributed by atoms with van der Waals surface area (Å²) >= 11 is 0. The number of carbonyl (C=O) groups excluding carboxylic acids is 2. The lowest BCUT2D eigenvalue weighted by molar-refractivity contribution is -0.132. The molecule has 1 aromatic carbocycles. The Hall–Kier alpha value is -2.04. The summed E-state index contributed by atoms with van der Waals surface area (Å²) in [6.07, 6.45) is 3.16. The van der Waals surface area contributed by atoms with E-state index in [2.05, 4.69) is 5.32 Å². The third kappa shape index (κ3) is 4.47. The number of rotatable bonds is 7. The predicted octanol–water partition coefficient (Wildman–Crippen LogP) is 3.00. The van der Waals surface area contributed by atoms with Gasteiger partial charge in [-0.25, -0.2) is 0 Å². The lowest BCUT2D eigenvalue weighted by atomic mass is 10.1. The van der Waals surface area contributed by atoms with Gasteiger partial charge in [-0.3, -0.25) is 9.59 Å². The van der Waals surface area contributed by atoms with Crippen LogP contribution in [0.15, 0.2) is 18.2 Å². The zero-order valence-electron chi connectivity index (χ0n) is 14.6. The van der Waals surface area contributed by atoms with Crippen LogP contribution in [0.1, 0.15) is 45.1 Å². The van der Waals surface area contributed by atoms with Gasteiger partial charge in [-0.15, -0.1) is 0 Å². The average molecular weight is 317 g/mol. The van der Waals surface area contributed by atoms with E-state index in [9.17, 15) is 9.59 Å². The van der Waals surface area contributed by atoms with E-state index in [0.717, 1.165) is 29.8 Å². The minimum absolute atomic E-state index is 0.00256. The smallest absolute Gasteiger partial charge is 0.224 e. The Balaban J connectivity index is 2.27. The average Bonchev–Trinajstić information content (AvgIpc) is 3.36. The Kier molecular flexibility index (Phi) is 5.64. The van der Waals surface area contributed by atoms with Gasteiger partial charge in [-0.1, -0.05) is 13.8 Å². The molecule has 1 N–H and O–H groups in total. The number of nitrogens with one attached hydrogen (secondary N) is 1. The Morgan fingerprint density at radius 3 is 2.39 bits per heavy atom. The summed E-state index contributed by atoms with van der Waals surface area (Å²) in [5.41, 5.74) is 2.93. The minimum Gasteiger partial charge on any atom is -0.377 e. The molecule has 1 aliphatic carbocycles. The maximum Gasteiger partial charge on any atom is 0.224 e. The first kappa shape index (κ1) is 17.3. The molecule has 5 heteroatoms. The van der Waals surface area contributed by atoms with Gasteiger partial charge in [0.05, 0.1) is 0 Å². The Bertz CT molecular complexity index is 580. The molecule has 0 heterocycles. The molecular weight excluding hydrogens is 290 g/mol. The van der Waals surface area contributed by atoms with Crippen LogP contribution in [0.3, 0.4) is 0 Å². The van der Waals surface area contributed by atoms with E-state index in [1.807, 2.05) is 55.9 Å². The molecule has 0 unspecified atom stereocenters. The summed E-state index contributed by atoms with van der Waals surface area (Å²) in [5.74, 6) is 0.192. The molecule has 1 saturated carbocycles. The molecule has 23 heavy (non-hydrogen) atoms. The maximum atomic E-state index is 12.2. The number of anilines is 2. The van der Waals surface area contributed by atoms with Crippen molar-refractivity contribution in [2.45, 2.75) is 52.1 Å². The fourth-order valence-electron chi connectivity index (χ4n) is 2.67. The normalized spacial score (nSPS) is 13.6. The molecular formula is C18H27N3O2. The number of carbonyl (C=O) groups is 2. The molecule has 5 nitrogen and oxygen atoms in total. The van der Waals surface area contributed by atoms with Crippen LogP contribution >= 0.6 is 0 Å². The zero-order valence-corrected chi connectivity index (χ0v) is 14.6. The maximum absolute atomic E-state index is 12.2. The second-order valence-electron chi connectivity index (χ2n) is 6.25. The summed E-state index contributed by atoms with van der Waals surface area (Å²) in [7, 11) is 3.98. The van der Waals surface area contributed by atoms with Gasteiger partial charge >= 0.3 is 0 Å². The summed E-state index contributed by atoms with van der Waals surface area (Å²) in [4.78, 5) is 27.9. The van der Waals surface area contributed by atoms with Crippen LogP contribution in [-0.2, 0) is 16.1 Å². The van der Waals surface area contributed by atoms with E-state index in [4.69, 9.17) is 0 Å². The molecule has 2 rings (SSSR count). The number of benzene rings is 1. The number of amides is 2. The van der Waals surface area contributed by atoms with Crippen LogP contribution in [0.25, 0.3) is 0 Å². The summed E-state index contributed by atoms with van der Waals surface area (Å²) in [5, 5.41) is 2.90. The molecule has 0 atom stereocenters. The third-order valence-electron chi connectivity index (χ3n) is 4.12. The fraction of sp³-hybridized carbons (Fsp3) is 0.556. The quantitative estimate of drug-likeness (QED) is 0.841. The highest BCUT2D eigenvalue weighted by Crippen LogP contribution is 2.32. The fourth-order valence-corrected chi connectivity index (χ4v) is 2.67. The predicted molar refractivity (Wildman–Crippen MR) is 93.6 cm³/mol. The third-order valence-corrected chi connectivity index (χ3v) is 4.12. The second-order valence-corrected chi connectivity index (χ2v) is 6.25. The minimum atomic E-state index is -0.00256. The summed E-state index contributed by atoms with van der Waals surface area (Å²) in [6, 6.07) is 6.28. The standard InChI is InChI=1S/C18H27N3O2/c1-5-17(22)19-14-7-10-16(20(3)4)13(11-14)12-21(15-8-9-15)18(23)6-2/h7,10-11,15H,5-6,8-9,12H2,1-4H3,(H,19,22). The van der Waals surface area contributed by atoms with Crippen molar-refractivity contribution in [2.75, 3.05) is 24.3 Å². The van der Waals surface area contributed by atoms with Crippen molar-refractivity contribution in [1.82, 2.24) is 4.90 Å². The highest BCUT2D eigenvalue weighted by molar-refractivity contribution is 5.91. The second kappa shape index (κ2) is 7.49. The Morgan fingerprint density at radius 1 is 1.17 bits per heavy atom. The van der Waals surface area contributed by atoms with Gasteiger partial charge in [-0.05, 0) is 36.6 Å². The number of hydrogen-bond donors (Lipinski definition) is 1. The van der Waals surface area contributed by atoms with Crippen molar-refractivity contribution < 1.29 is 9.59 Å². The van der Waals surface area contributed by atoms with E-state index in [1.165, 1.54) is 0 Å². The van der Waals surface area contributed by atoms with Crippen LogP contribution in [0.5, 0.6) is 0 Å². The SMILES string of the molecule is CCC(=O)Nc1ccc(N(C)C)c(CN(C(=O)CC)C2CC2)c1. The van der Waals surface area contributed by atoms with Crippen molar-refractivity contribution in [1.29, 1.82) is 0 Å². The van der Waals surface area contributed by atoms with Gasteiger partial charge < -0.3 is 15.1 Å². The van der Waals surface area contributed by atoms with Crippen LogP contribution in [-0.4, -0.2) is 36.9 Å². The summed E-state index contributed by atoms with van der Waals surface area (Å²) < 4.78 is 0. The summed E-state index contributed by atoms with van der Waals surface area (Å²) in [6.45, 7) is 4.34. The molecule has 0 aromatic heterocycles. The van der Waals surface area contributed by atoms with Gasteiger partial charge in [0, 0.05) is 50.9 Å². The van der Waals surface area contributed by atoms with Crippen molar-refractivity contribution in [3.63, 3.8) is 0 Å². The van der Waals surface area contributed by atoms with E-state index >= 15 is 0 Å². The van der Waals surface area contributed by atoms with Crippen LogP contribution in [0.4, 0.5) is 11.4 Å². The van der Waals surface area contributed by atoms with E-state index < -0.39 is 0 Å². The molecule has 0 spiro atoms. The molecule has 0 aliphatic heterocycles. The molecule has 1 fully saturated rings. The van der Waals surface area contributed by atoms with Gasteiger partial charge in [-0.2, -0.15) is 0 Å². The van der Waals surface area contributed by atoms with E-state index in [-0.39, 0.29) is 11.8 Å². The topological polar surface area (TPSA) is 52.7 Å². The van der Waals surface area contributed by atoms with Crippen molar-refractivity contribution in [3.8, 4) is 0 Å². The first-order valence-electron chi connectivity index (χ1n) is 8.35. The van der Waals surface area contributed by atoms with Crippen molar-refractivity contribution in [2.24, 2.45) is 0 Å². The highest BCUT2D eigenvalue weighted by Gasteiger charge is 2.32. The van der Waals surface area contributed by atoms with Gasteiger partial charge in [0.25, 0.3) is 0 Å². The van der Waals surface area contributed by atoms with Crippen LogP contribution < -0.4 is 10.2 Å². The molecule has 1 aromatic rings. The lowest BCUT2D eigenvalue weighted by Gasteiger charge is -2.26. The van der Waals surface area contributed by atoms with Gasteiger partial charge in [0.15, 0.2) is 0 Å². The lowest BCUT2D eigenvalue weighted by Crippen LogP contribution is -2.32. The first-order valence-corrected chi connectivity index (χ1v) is 8.35. The molecule has 1 aliphatic rings.